The minimum absolute atomic E-state index is 0.0208. The molecule has 5 heteroatoms. The molecule has 0 aliphatic carbocycles. The van der Waals surface area contributed by atoms with Crippen molar-refractivity contribution in [1.82, 2.24) is 10.9 Å². The largest absolute Gasteiger partial charge is 0.388 e. The summed E-state index contributed by atoms with van der Waals surface area (Å²) in [6.45, 7) is 5.68. The van der Waals surface area contributed by atoms with Gasteiger partial charge in [-0.1, -0.05) is 13.8 Å². The van der Waals surface area contributed by atoms with Gasteiger partial charge >= 0.3 is 0 Å². The first kappa shape index (κ1) is 18.0. The molecule has 5 nitrogen and oxygen atoms in total. The van der Waals surface area contributed by atoms with Gasteiger partial charge < -0.3 is 9.53 Å². The molecule has 0 aliphatic heterocycles. The molecule has 0 fully saturated rings. The van der Waals surface area contributed by atoms with E-state index in [0.717, 1.165) is 0 Å². The molecule has 0 saturated heterocycles. The van der Waals surface area contributed by atoms with E-state index in [2.05, 4.69) is 15.6 Å². The number of nitrogens with one attached hydrogen (secondary N) is 2. The fourth-order valence-corrected chi connectivity index (χ4v) is 0.268. The summed E-state index contributed by atoms with van der Waals surface area (Å²) in [6, 6.07) is 0. The van der Waals surface area contributed by atoms with Crippen LogP contribution < -0.4 is 10.9 Å². The van der Waals surface area contributed by atoms with Crippen molar-refractivity contribution in [1.29, 1.82) is 0 Å². The molecule has 13 heavy (non-hydrogen) atoms. The second-order valence-corrected chi connectivity index (χ2v) is 2.30. The molecule has 0 heterocycles. The summed E-state index contributed by atoms with van der Waals surface area (Å²) >= 11 is 0. The van der Waals surface area contributed by atoms with Crippen LogP contribution in [0.4, 0.5) is 0 Å². The molecule has 0 aromatic heterocycles. The van der Waals surface area contributed by atoms with Crippen molar-refractivity contribution in [2.75, 3.05) is 21.3 Å². The highest BCUT2D eigenvalue weighted by atomic mass is 16.4. The third-order valence-electron chi connectivity index (χ3n) is 0.773. The lowest BCUT2D eigenvalue weighted by atomic mass is 10.2. The van der Waals surface area contributed by atoms with Crippen LogP contribution in [0.5, 0.6) is 0 Å². The van der Waals surface area contributed by atoms with Gasteiger partial charge in [0, 0.05) is 27.2 Å². The molecule has 0 aromatic carbocycles. The highest BCUT2D eigenvalue weighted by Crippen LogP contribution is 1.87. The molecular weight excluding hydrogens is 172 g/mol. The van der Waals surface area contributed by atoms with E-state index < -0.39 is 0 Å². The summed E-state index contributed by atoms with van der Waals surface area (Å²) in [7, 11) is 4.92. The van der Waals surface area contributed by atoms with E-state index in [1.807, 2.05) is 20.6 Å². The summed E-state index contributed by atoms with van der Waals surface area (Å²) in [4.78, 5) is 18.6. The maximum atomic E-state index is 10.6. The van der Waals surface area contributed by atoms with Crippen LogP contribution in [0, 0.1) is 5.92 Å². The zero-order valence-electron chi connectivity index (χ0n) is 9.01. The predicted octanol–water partition coefficient (Wildman–Crippen LogP) is -0.0293. The highest BCUT2D eigenvalue weighted by Gasteiger charge is 2.02. The molecule has 1 amide bonds. The second kappa shape index (κ2) is 17.2. The number of carbonyl (C=O) groups excluding carboxylic acids is 2. The van der Waals surface area contributed by atoms with E-state index >= 15 is 0 Å². The van der Waals surface area contributed by atoms with Crippen molar-refractivity contribution in [2.45, 2.75) is 13.8 Å². The zero-order chi connectivity index (χ0) is 11.3. The Morgan fingerprint density at radius 3 is 1.69 bits per heavy atom. The third kappa shape index (κ3) is 24.7. The van der Waals surface area contributed by atoms with Gasteiger partial charge in [-0.05, 0) is 0 Å². The van der Waals surface area contributed by atoms with Gasteiger partial charge in [-0.2, -0.15) is 0 Å². The maximum absolute atomic E-state index is 10.6. The van der Waals surface area contributed by atoms with E-state index in [1.165, 1.54) is 0 Å². The number of hydrogen-bond acceptors (Lipinski definition) is 4. The van der Waals surface area contributed by atoms with Gasteiger partial charge in [-0.3, -0.25) is 10.2 Å². The van der Waals surface area contributed by atoms with Gasteiger partial charge in [0.25, 0.3) is 0 Å². The molecule has 80 valence electrons. The summed E-state index contributed by atoms with van der Waals surface area (Å²) in [5.41, 5.74) is 5.01. The minimum atomic E-state index is 0.0208. The third-order valence-corrected chi connectivity index (χ3v) is 0.773. The second-order valence-electron chi connectivity index (χ2n) is 2.30. The summed E-state index contributed by atoms with van der Waals surface area (Å²) in [6.07, 6.45) is 0. The quantitative estimate of drug-likeness (QED) is 0.603. The normalized spacial score (nSPS) is 7.54. The molecule has 0 spiro atoms. The molecular formula is C8H20N2O3. The fourth-order valence-electron chi connectivity index (χ4n) is 0.268. The first-order valence-electron chi connectivity index (χ1n) is 3.75. The van der Waals surface area contributed by atoms with Crippen LogP contribution in [0.3, 0.4) is 0 Å². The molecule has 0 rings (SSSR count). The van der Waals surface area contributed by atoms with E-state index in [0.29, 0.717) is 0 Å². The van der Waals surface area contributed by atoms with Gasteiger partial charge in [0.15, 0.2) is 0 Å². The Labute approximate surface area is 79.8 Å². The lowest BCUT2D eigenvalue weighted by molar-refractivity contribution is -0.124. The van der Waals surface area contributed by atoms with Crippen molar-refractivity contribution in [3.05, 3.63) is 0 Å². The number of rotatable bonds is 2. The Balaban J connectivity index is -0.000000169. The molecule has 2 N–H and O–H groups in total. The number of hydrogen-bond donors (Lipinski definition) is 2. The number of methoxy groups -OCH3 is 1. The van der Waals surface area contributed by atoms with E-state index in [9.17, 15) is 4.79 Å². The first-order chi connectivity index (χ1) is 6.09. The Hall–Kier alpha value is -0.940. The molecule has 0 aliphatic rings. The standard InChI is InChI=1S/C5H12N2O.C2H6O.CH2O/c1-4(2)5(8)7-6-3;1-3-2;1-2/h4,6H,1-3H3,(H,7,8);1-2H3;1H2. The topological polar surface area (TPSA) is 67.4 Å². The lowest BCUT2D eigenvalue weighted by Crippen LogP contribution is -2.36. The molecule has 0 unspecified atom stereocenters. The summed E-state index contributed by atoms with van der Waals surface area (Å²) in [5, 5.41) is 0. The van der Waals surface area contributed by atoms with Crippen LogP contribution in [-0.4, -0.2) is 34.0 Å². The Morgan fingerprint density at radius 1 is 1.31 bits per heavy atom. The smallest absolute Gasteiger partial charge is 0.236 e. The van der Waals surface area contributed by atoms with Crippen LogP contribution in [0.15, 0.2) is 0 Å². The maximum Gasteiger partial charge on any atom is 0.236 e. The van der Waals surface area contributed by atoms with Crippen molar-refractivity contribution < 1.29 is 14.3 Å². The van der Waals surface area contributed by atoms with Crippen molar-refractivity contribution in [2.24, 2.45) is 5.92 Å². The monoisotopic (exact) mass is 192 g/mol. The van der Waals surface area contributed by atoms with Crippen LogP contribution in [0.25, 0.3) is 0 Å². The van der Waals surface area contributed by atoms with Gasteiger partial charge in [0.2, 0.25) is 5.91 Å². The Kier molecular flexibility index (Phi) is 23.8. The van der Waals surface area contributed by atoms with Gasteiger partial charge in [-0.15, -0.1) is 0 Å². The Morgan fingerprint density at radius 2 is 1.62 bits per heavy atom. The van der Waals surface area contributed by atoms with E-state index in [-0.39, 0.29) is 11.8 Å². The van der Waals surface area contributed by atoms with Crippen molar-refractivity contribution in [3.8, 4) is 0 Å². The Bertz CT molecular complexity index is 108. The average molecular weight is 192 g/mol. The van der Waals surface area contributed by atoms with Crippen LogP contribution in [-0.2, 0) is 14.3 Å². The molecule has 0 bridgehead atoms. The first-order valence-corrected chi connectivity index (χ1v) is 3.75. The SMILES string of the molecule is C=O.CNNC(=O)C(C)C.COC. The number of carbonyl (C=O) groups is 2. The van der Waals surface area contributed by atoms with E-state index in [4.69, 9.17) is 4.79 Å². The van der Waals surface area contributed by atoms with E-state index in [1.54, 1.807) is 21.3 Å². The zero-order valence-corrected chi connectivity index (χ0v) is 9.01. The minimum Gasteiger partial charge on any atom is -0.388 e. The van der Waals surface area contributed by atoms with Gasteiger partial charge in [0.05, 0.1) is 0 Å². The average Bonchev–Trinajstić information content (AvgIpc) is 2.10. The fraction of sp³-hybridized carbons (Fsp3) is 0.750. The highest BCUT2D eigenvalue weighted by molar-refractivity contribution is 5.77. The predicted molar refractivity (Wildman–Crippen MR) is 52.1 cm³/mol. The molecule has 0 saturated carbocycles. The van der Waals surface area contributed by atoms with Crippen LogP contribution in [0.1, 0.15) is 13.8 Å². The van der Waals surface area contributed by atoms with Gasteiger partial charge in [0.1, 0.15) is 6.79 Å². The van der Waals surface area contributed by atoms with Crippen molar-refractivity contribution >= 4 is 12.7 Å². The lowest BCUT2D eigenvalue weighted by Gasteiger charge is -2.03. The number of hydrazine groups is 1. The van der Waals surface area contributed by atoms with Crippen LogP contribution >= 0.6 is 0 Å². The number of amides is 1. The van der Waals surface area contributed by atoms with Crippen molar-refractivity contribution in [3.63, 3.8) is 0 Å². The molecule has 0 aromatic rings. The van der Waals surface area contributed by atoms with Crippen LogP contribution in [0.2, 0.25) is 0 Å². The van der Waals surface area contributed by atoms with Gasteiger partial charge in [-0.25, -0.2) is 5.43 Å². The number of ether oxygens (including phenoxy) is 1. The summed E-state index contributed by atoms with van der Waals surface area (Å²) < 4.78 is 4.25. The molecule has 0 atom stereocenters. The molecule has 0 radical (unpaired) electrons. The summed E-state index contributed by atoms with van der Waals surface area (Å²) in [5.74, 6) is 0.0787.